The van der Waals surface area contributed by atoms with E-state index in [4.69, 9.17) is 19.0 Å². The fourth-order valence-electron chi connectivity index (χ4n) is 3.01. The Labute approximate surface area is 234 Å². The van der Waals surface area contributed by atoms with E-state index in [1.807, 2.05) is 0 Å². The van der Waals surface area contributed by atoms with E-state index >= 15 is 0 Å². The minimum Gasteiger partial charge on any atom is -0.463 e. The van der Waals surface area contributed by atoms with Crippen molar-refractivity contribution in [2.24, 2.45) is 5.16 Å². The summed E-state index contributed by atoms with van der Waals surface area (Å²) < 4.78 is 15.3. The number of nitrogens with zero attached hydrogens (tertiary/aromatic N) is 1. The van der Waals surface area contributed by atoms with Crippen LogP contribution in [0.3, 0.4) is 0 Å². The smallest absolute Gasteiger partial charge is 0.302 e. The molecule has 0 aliphatic heterocycles. The van der Waals surface area contributed by atoms with Crippen LogP contribution in [0.2, 0.25) is 0 Å². The maximum absolute atomic E-state index is 11.9. The van der Waals surface area contributed by atoms with E-state index in [0.717, 1.165) is 0 Å². The maximum atomic E-state index is 11.9. The van der Waals surface area contributed by atoms with Crippen LogP contribution in [0.4, 0.5) is 0 Å². The lowest BCUT2D eigenvalue weighted by Crippen LogP contribution is -2.45. The number of likely N-dealkylation sites (N-methyl/N-ethyl adjacent to an activating group) is 1. The van der Waals surface area contributed by atoms with Crippen LogP contribution < -0.4 is 21.3 Å². The zero-order valence-corrected chi connectivity index (χ0v) is 23.7. The van der Waals surface area contributed by atoms with Gasteiger partial charge in [-0.2, -0.15) is 0 Å². The third kappa shape index (κ3) is 22.3. The molecular weight excluding hydrogens is 530 g/mol. The summed E-state index contributed by atoms with van der Waals surface area (Å²) in [5.41, 5.74) is 0. The molecule has 228 valence electrons. The van der Waals surface area contributed by atoms with Gasteiger partial charge in [0.15, 0.2) is 0 Å². The van der Waals surface area contributed by atoms with E-state index in [9.17, 15) is 28.8 Å². The van der Waals surface area contributed by atoms with Gasteiger partial charge in [-0.15, -0.1) is 0 Å². The van der Waals surface area contributed by atoms with E-state index in [0.29, 0.717) is 32.4 Å². The fourth-order valence-corrected chi connectivity index (χ4v) is 3.01. The molecule has 40 heavy (non-hydrogen) atoms. The Balaban J connectivity index is 3.84. The molecule has 0 aromatic carbocycles. The lowest BCUT2D eigenvalue weighted by Gasteiger charge is -2.17. The molecule has 0 aromatic rings. The zero-order chi connectivity index (χ0) is 30.2. The minimum absolute atomic E-state index is 0.0442. The first-order valence-electron chi connectivity index (χ1n) is 13.1. The van der Waals surface area contributed by atoms with Crippen molar-refractivity contribution >= 4 is 41.8 Å². The molecule has 0 aliphatic rings. The van der Waals surface area contributed by atoms with Crippen LogP contribution >= 0.6 is 0 Å². The third-order valence-corrected chi connectivity index (χ3v) is 4.97. The summed E-state index contributed by atoms with van der Waals surface area (Å²) in [5.74, 6) is -2.09. The summed E-state index contributed by atoms with van der Waals surface area (Å²) in [7, 11) is 1.45. The highest BCUT2D eigenvalue weighted by molar-refractivity contribution is 5.87. The Kier molecular flexibility index (Phi) is 21.0. The third-order valence-electron chi connectivity index (χ3n) is 4.97. The van der Waals surface area contributed by atoms with Crippen LogP contribution in [0.25, 0.3) is 0 Å². The van der Waals surface area contributed by atoms with Crippen molar-refractivity contribution in [3.63, 3.8) is 0 Å². The number of carbonyl (C=O) groups excluding carboxylic acids is 6. The van der Waals surface area contributed by atoms with E-state index in [1.54, 1.807) is 0 Å². The summed E-state index contributed by atoms with van der Waals surface area (Å²) in [6.45, 7) is 4.94. The highest BCUT2D eigenvalue weighted by Crippen LogP contribution is 2.01. The first-order chi connectivity index (χ1) is 19.0. The van der Waals surface area contributed by atoms with Crippen molar-refractivity contribution in [3.05, 3.63) is 0 Å². The monoisotopic (exact) mass is 573 g/mol. The molecule has 0 radical (unpaired) electrons. The van der Waals surface area contributed by atoms with Gasteiger partial charge in [0.05, 0.1) is 12.8 Å². The Morgan fingerprint density at radius 2 is 1.48 bits per heavy atom. The minimum atomic E-state index is -0.776. The number of ether oxygens (including phenoxy) is 3. The molecule has 0 saturated heterocycles. The second kappa shape index (κ2) is 23.2. The van der Waals surface area contributed by atoms with E-state index in [1.165, 1.54) is 34.0 Å². The molecule has 0 bridgehead atoms. The number of hydrogen-bond donors (Lipinski definition) is 4. The summed E-state index contributed by atoms with van der Waals surface area (Å²) >= 11 is 0. The molecule has 0 heterocycles. The summed E-state index contributed by atoms with van der Waals surface area (Å²) in [5, 5.41) is 14.1. The standard InChI is InChI=1S/C25H43N5O10/c1-18(31)30-22(25(36)26-4)9-10-24(35)28-12-13-29-40-15-6-5-11-27-23(34)8-7-14-37-21(16-38-19(2)32)17-39-20(3)33/h13,21-22H,5-12,14-17H2,1-4H3,(H,26,36)(H,27,34)(H,28,35)(H,30,31)/b29-13-/t22-/m0/s1. The van der Waals surface area contributed by atoms with E-state index in [-0.39, 0.29) is 69.3 Å². The van der Waals surface area contributed by atoms with Gasteiger partial charge < -0.3 is 40.3 Å². The lowest BCUT2D eigenvalue weighted by atomic mass is 10.1. The van der Waals surface area contributed by atoms with Crippen LogP contribution in [-0.2, 0) is 47.8 Å². The molecule has 4 N–H and O–H groups in total. The van der Waals surface area contributed by atoms with Gasteiger partial charge in [0.25, 0.3) is 0 Å². The van der Waals surface area contributed by atoms with Gasteiger partial charge >= 0.3 is 11.9 Å². The normalized spacial score (nSPS) is 11.4. The molecule has 15 nitrogen and oxygen atoms in total. The van der Waals surface area contributed by atoms with Crippen LogP contribution in [-0.4, -0.2) is 100 Å². The van der Waals surface area contributed by atoms with Crippen molar-refractivity contribution in [3.8, 4) is 0 Å². The number of rotatable bonds is 22. The summed E-state index contributed by atoms with van der Waals surface area (Å²) in [6, 6.07) is -0.776. The highest BCUT2D eigenvalue weighted by atomic mass is 16.6. The van der Waals surface area contributed by atoms with E-state index < -0.39 is 24.1 Å². The van der Waals surface area contributed by atoms with Gasteiger partial charge in [0, 0.05) is 53.8 Å². The van der Waals surface area contributed by atoms with Gasteiger partial charge in [-0.25, -0.2) is 0 Å². The van der Waals surface area contributed by atoms with Gasteiger partial charge in [0.1, 0.15) is 32.0 Å². The number of nitrogens with one attached hydrogen (secondary N) is 4. The molecule has 0 saturated carbocycles. The zero-order valence-electron chi connectivity index (χ0n) is 23.7. The van der Waals surface area contributed by atoms with Crippen molar-refractivity contribution in [1.82, 2.24) is 21.3 Å². The lowest BCUT2D eigenvalue weighted by molar-refractivity contribution is -0.152. The largest absolute Gasteiger partial charge is 0.463 e. The van der Waals surface area contributed by atoms with Gasteiger partial charge in [-0.3, -0.25) is 28.8 Å². The van der Waals surface area contributed by atoms with Crippen LogP contribution in [0.1, 0.15) is 59.3 Å². The van der Waals surface area contributed by atoms with Crippen LogP contribution in [0.15, 0.2) is 5.16 Å². The number of unbranched alkanes of at least 4 members (excludes halogenated alkanes) is 1. The average Bonchev–Trinajstić information content (AvgIpc) is 2.90. The molecule has 0 aromatic heterocycles. The van der Waals surface area contributed by atoms with Crippen LogP contribution in [0, 0.1) is 0 Å². The number of hydrogen-bond acceptors (Lipinski definition) is 11. The molecule has 0 spiro atoms. The molecule has 0 fully saturated rings. The Morgan fingerprint density at radius 3 is 2.08 bits per heavy atom. The SMILES string of the molecule is CNC(=O)[C@H](CCC(=O)NC/C=N\OCCCCNC(=O)CCCOC(COC(C)=O)COC(C)=O)NC(C)=O. The fraction of sp³-hybridized carbons (Fsp3) is 0.720. The predicted octanol–water partition coefficient (Wildman–Crippen LogP) is -0.676. The van der Waals surface area contributed by atoms with Gasteiger partial charge in [-0.1, -0.05) is 5.16 Å². The Bertz CT molecular complexity index is 819. The van der Waals surface area contributed by atoms with Crippen molar-refractivity contribution < 1.29 is 47.8 Å². The first kappa shape index (κ1) is 36.2. The Morgan fingerprint density at radius 1 is 0.825 bits per heavy atom. The molecule has 0 rings (SSSR count). The predicted molar refractivity (Wildman–Crippen MR) is 143 cm³/mol. The molecule has 15 heteroatoms. The number of esters is 2. The summed E-state index contributed by atoms with van der Waals surface area (Å²) in [6.07, 6.45) is 3.05. The van der Waals surface area contributed by atoms with Crippen molar-refractivity contribution in [2.75, 3.05) is 46.6 Å². The van der Waals surface area contributed by atoms with Gasteiger partial charge in [-0.05, 0) is 25.7 Å². The summed E-state index contributed by atoms with van der Waals surface area (Å²) in [4.78, 5) is 73.7. The number of amides is 4. The maximum Gasteiger partial charge on any atom is 0.302 e. The van der Waals surface area contributed by atoms with Crippen molar-refractivity contribution in [1.29, 1.82) is 0 Å². The topological polar surface area (TPSA) is 200 Å². The first-order valence-corrected chi connectivity index (χ1v) is 13.1. The average molecular weight is 574 g/mol. The number of carbonyl (C=O) groups is 6. The van der Waals surface area contributed by atoms with Crippen LogP contribution in [0.5, 0.6) is 0 Å². The second-order valence-corrected chi connectivity index (χ2v) is 8.59. The van der Waals surface area contributed by atoms with Crippen molar-refractivity contribution in [2.45, 2.75) is 71.4 Å². The highest BCUT2D eigenvalue weighted by Gasteiger charge is 2.19. The molecule has 0 aliphatic carbocycles. The number of oxime groups is 1. The Hall–Kier alpha value is -3.75. The molecule has 1 atom stereocenters. The second-order valence-electron chi connectivity index (χ2n) is 8.59. The van der Waals surface area contributed by atoms with Gasteiger partial charge in [0.2, 0.25) is 23.6 Å². The van der Waals surface area contributed by atoms with E-state index in [2.05, 4.69) is 26.4 Å². The molecular formula is C25H43N5O10. The quantitative estimate of drug-likeness (QED) is 0.0557. The molecule has 0 unspecified atom stereocenters. The molecule has 4 amide bonds.